The van der Waals surface area contributed by atoms with Gasteiger partial charge in [0.05, 0.1) is 24.9 Å². The van der Waals surface area contributed by atoms with Crippen LogP contribution < -0.4 is 10.6 Å². The molecule has 6 heteroatoms. The minimum atomic E-state index is 0.0738. The molecule has 0 radical (unpaired) electrons. The van der Waals surface area contributed by atoms with Gasteiger partial charge in [-0.2, -0.15) is 0 Å². The topological polar surface area (TPSA) is 71.6 Å². The van der Waals surface area contributed by atoms with Gasteiger partial charge in [0.15, 0.2) is 0 Å². The zero-order valence-electron chi connectivity index (χ0n) is 12.6. The Morgan fingerprint density at radius 2 is 2.14 bits per heavy atom. The molecule has 1 fully saturated rings. The Balaban J connectivity index is 2.14. The molecular weight excluding hydrogens is 286 g/mol. The molecule has 1 aromatic heterocycles. The first-order valence-electron chi connectivity index (χ1n) is 7.28. The molecule has 0 saturated carbocycles. The maximum atomic E-state index is 8.81. The summed E-state index contributed by atoms with van der Waals surface area (Å²) in [5.74, 6) is 0.889. The second-order valence-electron chi connectivity index (χ2n) is 5.42. The van der Waals surface area contributed by atoms with Gasteiger partial charge in [-0.05, 0) is 38.3 Å². The highest BCUT2D eigenvalue weighted by Gasteiger charge is 2.24. The summed E-state index contributed by atoms with van der Waals surface area (Å²) in [5, 5.41) is 8.81. The van der Waals surface area contributed by atoms with E-state index in [-0.39, 0.29) is 12.7 Å². The predicted octanol–water partition coefficient (Wildman–Crippen LogP) is 1.31. The SMILES string of the molecule is Cc1cc(C)c(C(N)=S)c(N2CCC(OCCO)CC2)n1. The van der Waals surface area contributed by atoms with Crippen molar-refractivity contribution in [3.05, 3.63) is 22.9 Å². The average Bonchev–Trinajstić information content (AvgIpc) is 2.44. The summed E-state index contributed by atoms with van der Waals surface area (Å²) in [7, 11) is 0. The highest BCUT2D eigenvalue weighted by atomic mass is 32.1. The van der Waals surface area contributed by atoms with Crippen LogP contribution in [0.2, 0.25) is 0 Å². The normalized spacial score (nSPS) is 16.2. The molecule has 0 unspecified atom stereocenters. The molecule has 1 aliphatic rings. The summed E-state index contributed by atoms with van der Waals surface area (Å²) in [6.07, 6.45) is 2.06. The Morgan fingerprint density at radius 3 is 2.71 bits per heavy atom. The molecule has 5 nitrogen and oxygen atoms in total. The van der Waals surface area contributed by atoms with E-state index in [0.717, 1.165) is 48.6 Å². The Kier molecular flexibility index (Phi) is 5.50. The maximum Gasteiger partial charge on any atom is 0.139 e. The van der Waals surface area contributed by atoms with Crippen molar-refractivity contribution in [1.29, 1.82) is 0 Å². The fourth-order valence-corrected chi connectivity index (χ4v) is 3.06. The van der Waals surface area contributed by atoms with Crippen LogP contribution in [0.4, 0.5) is 5.82 Å². The molecule has 116 valence electrons. The second-order valence-corrected chi connectivity index (χ2v) is 5.86. The average molecular weight is 309 g/mol. The van der Waals surface area contributed by atoms with Crippen molar-refractivity contribution in [3.63, 3.8) is 0 Å². The number of rotatable bonds is 5. The molecule has 3 N–H and O–H groups in total. The Morgan fingerprint density at radius 1 is 1.48 bits per heavy atom. The Hall–Kier alpha value is -1.24. The van der Waals surface area contributed by atoms with Crippen LogP contribution in [0, 0.1) is 13.8 Å². The number of nitrogens with two attached hydrogens (primary N) is 1. The molecule has 2 rings (SSSR count). The number of hydrogen-bond donors (Lipinski definition) is 2. The first kappa shape index (κ1) is 16.1. The van der Waals surface area contributed by atoms with Crippen molar-refractivity contribution in [2.45, 2.75) is 32.8 Å². The molecule has 0 atom stereocenters. The summed E-state index contributed by atoms with van der Waals surface area (Å²) < 4.78 is 5.59. The van der Waals surface area contributed by atoms with E-state index in [9.17, 15) is 0 Å². The molecule has 1 aliphatic heterocycles. The third kappa shape index (κ3) is 3.90. The minimum Gasteiger partial charge on any atom is -0.394 e. The first-order chi connectivity index (χ1) is 10.0. The summed E-state index contributed by atoms with van der Waals surface area (Å²) in [6.45, 7) is 6.21. The lowest BCUT2D eigenvalue weighted by Gasteiger charge is -2.34. The molecule has 0 spiro atoms. The summed E-state index contributed by atoms with van der Waals surface area (Å²) >= 11 is 5.19. The van der Waals surface area contributed by atoms with Crippen molar-refractivity contribution >= 4 is 23.0 Å². The van der Waals surface area contributed by atoms with Crippen LogP contribution in [-0.2, 0) is 4.74 Å². The van der Waals surface area contributed by atoms with E-state index in [1.807, 2.05) is 19.9 Å². The molecule has 0 aliphatic carbocycles. The van der Waals surface area contributed by atoms with Gasteiger partial charge in [-0.15, -0.1) is 0 Å². The van der Waals surface area contributed by atoms with Crippen molar-refractivity contribution in [2.75, 3.05) is 31.2 Å². The number of thiocarbonyl (C=S) groups is 1. The van der Waals surface area contributed by atoms with Crippen LogP contribution in [0.15, 0.2) is 6.07 Å². The first-order valence-corrected chi connectivity index (χ1v) is 7.69. The van der Waals surface area contributed by atoms with Crippen LogP contribution in [0.25, 0.3) is 0 Å². The lowest BCUT2D eigenvalue weighted by atomic mass is 10.0. The van der Waals surface area contributed by atoms with E-state index >= 15 is 0 Å². The van der Waals surface area contributed by atoms with Gasteiger partial charge in [0.25, 0.3) is 0 Å². The number of aliphatic hydroxyl groups is 1. The van der Waals surface area contributed by atoms with Crippen LogP contribution in [0.5, 0.6) is 0 Å². The number of aromatic nitrogens is 1. The van der Waals surface area contributed by atoms with Crippen molar-refractivity contribution in [1.82, 2.24) is 4.98 Å². The van der Waals surface area contributed by atoms with Crippen LogP contribution >= 0.6 is 12.2 Å². The van der Waals surface area contributed by atoms with Gasteiger partial charge in [-0.1, -0.05) is 12.2 Å². The molecule has 1 aromatic rings. The van der Waals surface area contributed by atoms with Crippen molar-refractivity contribution in [2.24, 2.45) is 5.73 Å². The standard InChI is InChI=1S/C15H23N3O2S/c1-10-9-11(2)17-15(13(10)14(16)21)18-5-3-12(4-6-18)20-8-7-19/h9,12,19H,3-8H2,1-2H3,(H2,16,21). The number of ether oxygens (including phenoxy) is 1. The van der Waals surface area contributed by atoms with E-state index in [4.69, 9.17) is 27.8 Å². The lowest BCUT2D eigenvalue weighted by molar-refractivity contribution is 0.0158. The molecule has 21 heavy (non-hydrogen) atoms. The van der Waals surface area contributed by atoms with Gasteiger partial charge in [-0.25, -0.2) is 4.98 Å². The summed E-state index contributed by atoms with van der Waals surface area (Å²) in [5.41, 5.74) is 8.80. The summed E-state index contributed by atoms with van der Waals surface area (Å²) in [4.78, 5) is 7.27. The van der Waals surface area contributed by atoms with Gasteiger partial charge < -0.3 is 20.5 Å². The highest BCUT2D eigenvalue weighted by molar-refractivity contribution is 7.80. The van der Waals surface area contributed by atoms with Crippen molar-refractivity contribution in [3.8, 4) is 0 Å². The number of aryl methyl sites for hydroxylation is 2. The van der Waals surface area contributed by atoms with Gasteiger partial charge in [-0.3, -0.25) is 0 Å². The lowest BCUT2D eigenvalue weighted by Crippen LogP contribution is -2.39. The van der Waals surface area contributed by atoms with E-state index in [1.54, 1.807) is 0 Å². The van der Waals surface area contributed by atoms with E-state index < -0.39 is 0 Å². The highest BCUT2D eigenvalue weighted by Crippen LogP contribution is 2.26. The number of pyridine rings is 1. The van der Waals surface area contributed by atoms with E-state index in [0.29, 0.717) is 11.6 Å². The van der Waals surface area contributed by atoms with Gasteiger partial charge in [0.2, 0.25) is 0 Å². The third-order valence-electron chi connectivity index (χ3n) is 3.76. The van der Waals surface area contributed by atoms with E-state index in [1.165, 1.54) is 0 Å². The number of nitrogens with zero attached hydrogens (tertiary/aromatic N) is 2. The maximum absolute atomic E-state index is 8.81. The predicted molar refractivity (Wildman–Crippen MR) is 87.9 cm³/mol. The quantitative estimate of drug-likeness (QED) is 0.799. The fourth-order valence-electron chi connectivity index (χ4n) is 2.80. The Bertz CT molecular complexity index is 514. The van der Waals surface area contributed by atoms with Gasteiger partial charge >= 0.3 is 0 Å². The van der Waals surface area contributed by atoms with Crippen molar-refractivity contribution < 1.29 is 9.84 Å². The van der Waals surface area contributed by atoms with Crippen LogP contribution in [0.1, 0.15) is 29.7 Å². The molecule has 0 amide bonds. The van der Waals surface area contributed by atoms with E-state index in [2.05, 4.69) is 9.88 Å². The largest absolute Gasteiger partial charge is 0.394 e. The monoisotopic (exact) mass is 309 g/mol. The molecule has 1 saturated heterocycles. The molecular formula is C15H23N3O2S. The molecule has 2 heterocycles. The number of aliphatic hydroxyl groups excluding tert-OH is 1. The number of hydrogen-bond acceptors (Lipinski definition) is 5. The molecule has 0 aromatic carbocycles. The molecule has 0 bridgehead atoms. The smallest absolute Gasteiger partial charge is 0.139 e. The fraction of sp³-hybridized carbons (Fsp3) is 0.600. The zero-order valence-corrected chi connectivity index (χ0v) is 13.4. The summed E-state index contributed by atoms with van der Waals surface area (Å²) in [6, 6.07) is 2.01. The number of piperidine rings is 1. The number of anilines is 1. The van der Waals surface area contributed by atoms with Gasteiger partial charge in [0.1, 0.15) is 10.8 Å². The van der Waals surface area contributed by atoms with Crippen LogP contribution in [-0.4, -0.2) is 47.5 Å². The van der Waals surface area contributed by atoms with Gasteiger partial charge in [0, 0.05) is 18.8 Å². The Labute approximate surface area is 131 Å². The van der Waals surface area contributed by atoms with Crippen LogP contribution in [0.3, 0.4) is 0 Å². The third-order valence-corrected chi connectivity index (χ3v) is 3.96. The second kappa shape index (κ2) is 7.15. The minimum absolute atomic E-state index is 0.0738. The zero-order chi connectivity index (χ0) is 15.4.